The van der Waals surface area contributed by atoms with E-state index in [1.54, 1.807) is 42.7 Å². The van der Waals surface area contributed by atoms with Gasteiger partial charge < -0.3 is 15.1 Å². The van der Waals surface area contributed by atoms with Crippen LogP contribution in [-0.4, -0.2) is 11.8 Å². The van der Waals surface area contributed by atoms with Gasteiger partial charge in [-0.25, -0.2) is 0 Å². The number of hydrogen-bond donors (Lipinski definition) is 2. The molecule has 26 heavy (non-hydrogen) atoms. The smallest absolute Gasteiger partial charge is 0.251 e. The van der Waals surface area contributed by atoms with Crippen molar-refractivity contribution < 1.29 is 14.0 Å². The van der Waals surface area contributed by atoms with Crippen molar-refractivity contribution in [3.63, 3.8) is 0 Å². The van der Waals surface area contributed by atoms with E-state index in [1.807, 2.05) is 24.3 Å². The standard InChI is InChI=1S/C20H17BrN2O3/c21-17-4-1-3-16(11-17)20(25)22-12-14-6-8-15(9-7-14)19(24)23-13-18-5-2-10-26-18/h1-11H,12-13H2,(H,22,25)(H,23,24). The molecule has 5 nitrogen and oxygen atoms in total. The fourth-order valence-corrected chi connectivity index (χ4v) is 2.77. The monoisotopic (exact) mass is 412 g/mol. The lowest BCUT2D eigenvalue weighted by molar-refractivity contribution is 0.0940. The van der Waals surface area contributed by atoms with Crippen LogP contribution in [0.2, 0.25) is 0 Å². The molecule has 0 fully saturated rings. The van der Waals surface area contributed by atoms with E-state index in [9.17, 15) is 9.59 Å². The zero-order chi connectivity index (χ0) is 18.4. The first-order valence-electron chi connectivity index (χ1n) is 8.05. The zero-order valence-corrected chi connectivity index (χ0v) is 15.5. The second kappa shape index (κ2) is 8.49. The molecule has 2 amide bonds. The Labute approximate surface area is 159 Å². The van der Waals surface area contributed by atoms with Gasteiger partial charge in [-0.05, 0) is 48.0 Å². The van der Waals surface area contributed by atoms with Gasteiger partial charge in [-0.3, -0.25) is 9.59 Å². The molecule has 0 unspecified atom stereocenters. The van der Waals surface area contributed by atoms with Gasteiger partial charge in [-0.2, -0.15) is 0 Å². The summed E-state index contributed by atoms with van der Waals surface area (Å²) in [5.74, 6) is 0.378. The average Bonchev–Trinajstić information content (AvgIpc) is 3.18. The highest BCUT2D eigenvalue weighted by Gasteiger charge is 2.08. The third-order valence-electron chi connectivity index (χ3n) is 3.76. The van der Waals surface area contributed by atoms with Crippen molar-refractivity contribution in [3.8, 4) is 0 Å². The van der Waals surface area contributed by atoms with Gasteiger partial charge in [-0.15, -0.1) is 0 Å². The van der Waals surface area contributed by atoms with Crippen LogP contribution >= 0.6 is 15.9 Å². The molecule has 3 rings (SSSR count). The molecule has 1 aromatic heterocycles. The molecule has 2 aromatic carbocycles. The highest BCUT2D eigenvalue weighted by molar-refractivity contribution is 9.10. The molecule has 0 saturated carbocycles. The van der Waals surface area contributed by atoms with Gasteiger partial charge in [0.25, 0.3) is 11.8 Å². The highest BCUT2D eigenvalue weighted by atomic mass is 79.9. The van der Waals surface area contributed by atoms with Crippen molar-refractivity contribution in [2.45, 2.75) is 13.1 Å². The summed E-state index contributed by atoms with van der Waals surface area (Å²) in [5, 5.41) is 5.65. The Morgan fingerprint density at radius 2 is 1.58 bits per heavy atom. The molecule has 0 saturated heterocycles. The summed E-state index contributed by atoms with van der Waals surface area (Å²) < 4.78 is 6.04. The van der Waals surface area contributed by atoms with Crippen molar-refractivity contribution in [1.82, 2.24) is 10.6 Å². The molecule has 0 aliphatic heterocycles. The molecule has 2 N–H and O–H groups in total. The van der Waals surface area contributed by atoms with Gasteiger partial charge in [0.1, 0.15) is 5.76 Å². The fourth-order valence-electron chi connectivity index (χ4n) is 2.37. The lowest BCUT2D eigenvalue weighted by atomic mass is 10.1. The molecule has 0 spiro atoms. The van der Waals surface area contributed by atoms with E-state index in [-0.39, 0.29) is 11.8 Å². The lowest BCUT2D eigenvalue weighted by Crippen LogP contribution is -2.23. The zero-order valence-electron chi connectivity index (χ0n) is 13.9. The number of rotatable bonds is 6. The molecule has 0 atom stereocenters. The molecule has 1 heterocycles. The fraction of sp³-hybridized carbons (Fsp3) is 0.100. The Morgan fingerprint density at radius 1 is 0.846 bits per heavy atom. The number of carbonyl (C=O) groups is 2. The third-order valence-corrected chi connectivity index (χ3v) is 4.25. The average molecular weight is 413 g/mol. The maximum atomic E-state index is 12.1. The van der Waals surface area contributed by atoms with E-state index in [0.717, 1.165) is 10.0 Å². The predicted molar refractivity (Wildman–Crippen MR) is 102 cm³/mol. The Bertz CT molecular complexity index is 890. The predicted octanol–water partition coefficient (Wildman–Crippen LogP) is 3.90. The molecular formula is C20H17BrN2O3. The van der Waals surface area contributed by atoms with Gasteiger partial charge in [0.15, 0.2) is 0 Å². The van der Waals surface area contributed by atoms with Gasteiger partial charge in [-0.1, -0.05) is 34.1 Å². The summed E-state index contributed by atoms with van der Waals surface area (Å²) in [5.41, 5.74) is 2.06. The number of hydrogen-bond acceptors (Lipinski definition) is 3. The molecule has 3 aromatic rings. The normalized spacial score (nSPS) is 10.3. The molecule has 0 bridgehead atoms. The van der Waals surface area contributed by atoms with Crippen molar-refractivity contribution in [3.05, 3.63) is 93.9 Å². The van der Waals surface area contributed by atoms with Crippen LogP contribution in [0, 0.1) is 0 Å². The van der Waals surface area contributed by atoms with Crippen LogP contribution in [0.1, 0.15) is 32.0 Å². The largest absolute Gasteiger partial charge is 0.467 e. The first-order valence-corrected chi connectivity index (χ1v) is 8.84. The highest BCUT2D eigenvalue weighted by Crippen LogP contribution is 2.12. The topological polar surface area (TPSA) is 71.3 Å². The Morgan fingerprint density at radius 3 is 2.27 bits per heavy atom. The van der Waals surface area contributed by atoms with E-state index < -0.39 is 0 Å². The summed E-state index contributed by atoms with van der Waals surface area (Å²) in [4.78, 5) is 24.2. The first kappa shape index (κ1) is 17.9. The minimum absolute atomic E-state index is 0.147. The van der Waals surface area contributed by atoms with Crippen LogP contribution in [-0.2, 0) is 13.1 Å². The quantitative estimate of drug-likeness (QED) is 0.644. The van der Waals surface area contributed by atoms with E-state index >= 15 is 0 Å². The van der Waals surface area contributed by atoms with Gasteiger partial charge >= 0.3 is 0 Å². The molecule has 6 heteroatoms. The van der Waals surface area contributed by atoms with Crippen molar-refractivity contribution >= 4 is 27.7 Å². The van der Waals surface area contributed by atoms with Crippen LogP contribution in [0.15, 0.2) is 75.8 Å². The van der Waals surface area contributed by atoms with Crippen LogP contribution in [0.25, 0.3) is 0 Å². The molecule has 0 aliphatic carbocycles. The summed E-state index contributed by atoms with van der Waals surface area (Å²) in [6.07, 6.45) is 1.57. The van der Waals surface area contributed by atoms with Crippen LogP contribution < -0.4 is 10.6 Å². The number of nitrogens with one attached hydrogen (secondary N) is 2. The maximum Gasteiger partial charge on any atom is 0.251 e. The van der Waals surface area contributed by atoms with E-state index in [0.29, 0.717) is 30.0 Å². The van der Waals surface area contributed by atoms with Crippen molar-refractivity contribution in [2.24, 2.45) is 0 Å². The molecule has 132 valence electrons. The van der Waals surface area contributed by atoms with E-state index in [2.05, 4.69) is 26.6 Å². The van der Waals surface area contributed by atoms with Crippen molar-refractivity contribution in [2.75, 3.05) is 0 Å². The second-order valence-corrected chi connectivity index (χ2v) is 6.57. The minimum Gasteiger partial charge on any atom is -0.467 e. The number of carbonyl (C=O) groups excluding carboxylic acids is 2. The second-order valence-electron chi connectivity index (χ2n) is 5.65. The van der Waals surface area contributed by atoms with Crippen molar-refractivity contribution in [1.29, 1.82) is 0 Å². The first-order chi connectivity index (χ1) is 12.6. The van der Waals surface area contributed by atoms with Crippen LogP contribution in [0.3, 0.4) is 0 Å². The summed E-state index contributed by atoms with van der Waals surface area (Å²) >= 11 is 3.35. The molecule has 0 aliphatic rings. The summed E-state index contributed by atoms with van der Waals surface area (Å²) in [6.45, 7) is 0.732. The van der Waals surface area contributed by atoms with Gasteiger partial charge in [0.05, 0.1) is 12.8 Å². The van der Waals surface area contributed by atoms with Crippen LogP contribution in [0.4, 0.5) is 0 Å². The maximum absolute atomic E-state index is 12.1. The van der Waals surface area contributed by atoms with E-state index in [4.69, 9.17) is 4.42 Å². The number of halogens is 1. The Balaban J connectivity index is 1.52. The Hall–Kier alpha value is -2.86. The van der Waals surface area contributed by atoms with Crippen LogP contribution in [0.5, 0.6) is 0 Å². The SMILES string of the molecule is O=C(NCc1ccc(C(=O)NCc2ccco2)cc1)c1cccc(Br)c1. The number of benzene rings is 2. The van der Waals surface area contributed by atoms with E-state index in [1.165, 1.54) is 0 Å². The lowest BCUT2D eigenvalue weighted by Gasteiger charge is -2.07. The van der Waals surface area contributed by atoms with Gasteiger partial charge in [0, 0.05) is 22.1 Å². The summed E-state index contributed by atoms with van der Waals surface area (Å²) in [7, 11) is 0. The molecule has 0 radical (unpaired) electrons. The minimum atomic E-state index is -0.175. The number of amides is 2. The Kier molecular flexibility index (Phi) is 5.86. The summed E-state index contributed by atoms with van der Waals surface area (Å²) in [6, 6.07) is 17.9. The molecular weight excluding hydrogens is 396 g/mol. The van der Waals surface area contributed by atoms with Gasteiger partial charge in [0.2, 0.25) is 0 Å². The number of furan rings is 1. The third kappa shape index (κ3) is 4.83.